The van der Waals surface area contributed by atoms with Crippen molar-refractivity contribution in [1.29, 1.82) is 0 Å². The molecule has 0 spiro atoms. The molecule has 1 aliphatic heterocycles. The summed E-state index contributed by atoms with van der Waals surface area (Å²) < 4.78 is 2.26. The second-order valence-corrected chi connectivity index (χ2v) is 10.8. The van der Waals surface area contributed by atoms with Crippen molar-refractivity contribution in [3.63, 3.8) is 0 Å². The highest BCUT2D eigenvalue weighted by Crippen LogP contribution is 2.44. The number of carbonyl (C=O) groups is 1. The van der Waals surface area contributed by atoms with Crippen LogP contribution < -0.4 is 10.9 Å². The van der Waals surface area contributed by atoms with Gasteiger partial charge < -0.3 is 5.32 Å². The Morgan fingerprint density at radius 1 is 1.10 bits per heavy atom. The third kappa shape index (κ3) is 4.67. The number of rotatable bonds is 6. The molecule has 5 nitrogen and oxygen atoms in total. The fourth-order valence-corrected chi connectivity index (χ4v) is 6.84. The van der Waals surface area contributed by atoms with E-state index in [1.54, 1.807) is 0 Å². The van der Waals surface area contributed by atoms with Gasteiger partial charge in [-0.05, 0) is 60.6 Å². The summed E-state index contributed by atoms with van der Waals surface area (Å²) in [5.74, 6) is 3.04. The van der Waals surface area contributed by atoms with Crippen molar-refractivity contribution in [3.8, 4) is 0 Å². The number of hydrogen-bond donors (Lipinski definition) is 1. The number of hydrogen-bond acceptors (Lipinski definition) is 5. The SMILES string of the molecule is O=C(CCc1nc2ccccc2c(=O)n1C1CC1)Nc1cccc(C2SCCCS2)c1. The molecule has 1 aliphatic carbocycles. The Kier molecular flexibility index (Phi) is 6.05. The van der Waals surface area contributed by atoms with Crippen LogP contribution in [0.1, 0.15) is 47.7 Å². The Balaban J connectivity index is 1.29. The van der Waals surface area contributed by atoms with E-state index in [9.17, 15) is 9.59 Å². The van der Waals surface area contributed by atoms with Gasteiger partial charge in [-0.1, -0.05) is 24.3 Å². The monoisotopic (exact) mass is 451 g/mol. The number of para-hydroxylation sites is 1. The molecule has 1 N–H and O–H groups in total. The van der Waals surface area contributed by atoms with Crippen LogP contribution in [0.3, 0.4) is 0 Å². The molecule has 3 aromatic rings. The minimum absolute atomic E-state index is 0.0127. The highest BCUT2D eigenvalue weighted by atomic mass is 32.2. The first-order chi connectivity index (χ1) is 15.2. The molecule has 1 saturated carbocycles. The number of nitrogens with one attached hydrogen (secondary N) is 1. The Morgan fingerprint density at radius 3 is 2.71 bits per heavy atom. The van der Waals surface area contributed by atoms with Crippen LogP contribution in [0.5, 0.6) is 0 Å². The summed E-state index contributed by atoms with van der Waals surface area (Å²) in [4.78, 5) is 30.4. The van der Waals surface area contributed by atoms with E-state index in [0.717, 1.165) is 18.5 Å². The zero-order chi connectivity index (χ0) is 21.2. The minimum atomic E-state index is -0.0501. The molecule has 2 aliphatic rings. The van der Waals surface area contributed by atoms with Crippen molar-refractivity contribution in [1.82, 2.24) is 9.55 Å². The van der Waals surface area contributed by atoms with Crippen molar-refractivity contribution >= 4 is 46.0 Å². The molecule has 2 heterocycles. The van der Waals surface area contributed by atoms with Crippen LogP contribution in [0, 0.1) is 0 Å². The first-order valence-electron chi connectivity index (χ1n) is 10.8. The van der Waals surface area contributed by atoms with Crippen molar-refractivity contribution in [2.75, 3.05) is 16.8 Å². The number of aromatic nitrogens is 2. The zero-order valence-corrected chi connectivity index (χ0v) is 18.9. The van der Waals surface area contributed by atoms with Gasteiger partial charge in [0.2, 0.25) is 5.91 Å². The predicted molar refractivity (Wildman–Crippen MR) is 130 cm³/mol. The molecule has 1 saturated heterocycles. The highest BCUT2D eigenvalue weighted by Gasteiger charge is 2.28. The summed E-state index contributed by atoms with van der Waals surface area (Å²) in [6, 6.07) is 15.9. The van der Waals surface area contributed by atoms with Gasteiger partial charge in [-0.25, -0.2) is 4.98 Å². The fourth-order valence-electron chi connectivity index (χ4n) is 3.97. The normalized spacial score (nSPS) is 17.0. The molecule has 160 valence electrons. The first kappa shape index (κ1) is 20.6. The van der Waals surface area contributed by atoms with Gasteiger partial charge in [0.1, 0.15) is 5.82 Å². The lowest BCUT2D eigenvalue weighted by atomic mass is 10.2. The molecule has 1 amide bonds. The fraction of sp³-hybridized carbons (Fsp3) is 0.375. The lowest BCUT2D eigenvalue weighted by molar-refractivity contribution is -0.116. The van der Waals surface area contributed by atoms with Crippen LogP contribution in [0.25, 0.3) is 10.9 Å². The van der Waals surface area contributed by atoms with E-state index >= 15 is 0 Å². The highest BCUT2D eigenvalue weighted by molar-refractivity contribution is 8.16. The van der Waals surface area contributed by atoms with Crippen LogP contribution in [-0.4, -0.2) is 27.0 Å². The van der Waals surface area contributed by atoms with Crippen LogP contribution in [0.2, 0.25) is 0 Å². The number of carbonyl (C=O) groups excluding carboxylic acids is 1. The number of fused-ring (bicyclic) bond motifs is 1. The van der Waals surface area contributed by atoms with Crippen LogP contribution >= 0.6 is 23.5 Å². The molecular weight excluding hydrogens is 426 g/mol. The summed E-state index contributed by atoms with van der Waals surface area (Å²) in [7, 11) is 0. The van der Waals surface area contributed by atoms with Gasteiger partial charge in [0.25, 0.3) is 5.56 Å². The van der Waals surface area contributed by atoms with E-state index in [1.165, 1.54) is 23.5 Å². The zero-order valence-electron chi connectivity index (χ0n) is 17.3. The predicted octanol–water partition coefficient (Wildman–Crippen LogP) is 5.17. The maximum Gasteiger partial charge on any atom is 0.261 e. The number of benzene rings is 2. The summed E-state index contributed by atoms with van der Waals surface area (Å²) in [5, 5.41) is 3.69. The second kappa shape index (κ2) is 9.09. The van der Waals surface area contributed by atoms with E-state index in [4.69, 9.17) is 4.98 Å². The number of nitrogens with zero attached hydrogens (tertiary/aromatic N) is 2. The molecule has 0 bridgehead atoms. The topological polar surface area (TPSA) is 64.0 Å². The van der Waals surface area contributed by atoms with Gasteiger partial charge in [0.15, 0.2) is 0 Å². The quantitative estimate of drug-likeness (QED) is 0.560. The lowest BCUT2D eigenvalue weighted by Crippen LogP contribution is -2.25. The molecule has 7 heteroatoms. The average Bonchev–Trinajstić information content (AvgIpc) is 3.64. The molecule has 0 unspecified atom stereocenters. The Morgan fingerprint density at radius 2 is 1.90 bits per heavy atom. The average molecular weight is 452 g/mol. The Labute approximate surface area is 190 Å². The number of aryl methyl sites for hydroxylation is 1. The van der Waals surface area contributed by atoms with Crippen molar-refractivity contribution in [2.24, 2.45) is 0 Å². The summed E-state index contributed by atoms with van der Waals surface area (Å²) in [6.07, 6.45) is 4.02. The van der Waals surface area contributed by atoms with E-state index in [1.807, 2.05) is 64.5 Å². The number of thioether (sulfide) groups is 2. The standard InChI is InChI=1S/C24H25N3O2S2/c28-22(25-17-6-3-5-16(15-17)24-30-13-4-14-31-24)12-11-21-26-20-8-2-1-7-19(20)23(29)27(21)18-9-10-18/h1-3,5-8,15,18,24H,4,9-14H2,(H,25,28). The molecule has 5 rings (SSSR count). The van der Waals surface area contributed by atoms with Gasteiger partial charge in [0.05, 0.1) is 15.5 Å². The summed E-state index contributed by atoms with van der Waals surface area (Å²) in [5.41, 5.74) is 2.81. The molecule has 31 heavy (non-hydrogen) atoms. The minimum Gasteiger partial charge on any atom is -0.326 e. The van der Waals surface area contributed by atoms with Gasteiger partial charge >= 0.3 is 0 Å². The van der Waals surface area contributed by atoms with Crippen LogP contribution in [0.15, 0.2) is 53.3 Å². The third-order valence-corrected chi connectivity index (χ3v) is 8.65. The smallest absolute Gasteiger partial charge is 0.261 e. The van der Waals surface area contributed by atoms with Gasteiger partial charge in [-0.15, -0.1) is 23.5 Å². The molecule has 0 radical (unpaired) electrons. The van der Waals surface area contributed by atoms with E-state index in [-0.39, 0.29) is 17.5 Å². The largest absolute Gasteiger partial charge is 0.326 e. The Bertz CT molecular complexity index is 1170. The van der Waals surface area contributed by atoms with Crippen molar-refractivity contribution < 1.29 is 4.79 Å². The maximum atomic E-state index is 13.0. The second-order valence-electron chi connectivity index (χ2n) is 8.05. The maximum absolute atomic E-state index is 13.0. The summed E-state index contributed by atoms with van der Waals surface area (Å²) >= 11 is 3.95. The van der Waals surface area contributed by atoms with E-state index < -0.39 is 0 Å². The molecular formula is C24H25N3O2S2. The van der Waals surface area contributed by atoms with Crippen LogP contribution in [-0.2, 0) is 11.2 Å². The first-order valence-corrected chi connectivity index (χ1v) is 12.9. The molecule has 2 aromatic carbocycles. The Hall–Kier alpha value is -2.25. The van der Waals surface area contributed by atoms with E-state index in [2.05, 4.69) is 17.4 Å². The van der Waals surface area contributed by atoms with Gasteiger partial charge in [0, 0.05) is 24.6 Å². The third-order valence-electron chi connectivity index (χ3n) is 5.64. The van der Waals surface area contributed by atoms with Crippen LogP contribution in [0.4, 0.5) is 5.69 Å². The van der Waals surface area contributed by atoms with Gasteiger partial charge in [-0.2, -0.15) is 0 Å². The molecule has 2 fully saturated rings. The van der Waals surface area contributed by atoms with Gasteiger partial charge in [-0.3, -0.25) is 14.2 Å². The van der Waals surface area contributed by atoms with Crippen molar-refractivity contribution in [2.45, 2.75) is 42.7 Å². The van der Waals surface area contributed by atoms with E-state index in [0.29, 0.717) is 34.2 Å². The molecule has 1 aromatic heterocycles. The van der Waals surface area contributed by atoms with Crippen molar-refractivity contribution in [3.05, 3.63) is 70.3 Å². The summed E-state index contributed by atoms with van der Waals surface area (Å²) in [6.45, 7) is 0. The molecule has 0 atom stereocenters. The lowest BCUT2D eigenvalue weighted by Gasteiger charge is -2.21. The number of anilines is 1. The number of amides is 1.